The van der Waals surface area contributed by atoms with Crippen LogP contribution in [0.1, 0.15) is 42.6 Å². The van der Waals surface area contributed by atoms with Crippen LogP contribution in [0.15, 0.2) is 18.2 Å². The summed E-state index contributed by atoms with van der Waals surface area (Å²) < 4.78 is 6.13. The van der Waals surface area contributed by atoms with Gasteiger partial charge in [-0.2, -0.15) is 0 Å². The zero-order chi connectivity index (χ0) is 18.4. The van der Waals surface area contributed by atoms with Crippen molar-refractivity contribution in [2.45, 2.75) is 38.2 Å². The van der Waals surface area contributed by atoms with Crippen molar-refractivity contribution in [2.75, 3.05) is 33.1 Å². The summed E-state index contributed by atoms with van der Waals surface area (Å²) in [6, 6.07) is 5.58. The zero-order valence-corrected chi connectivity index (χ0v) is 15.6. The summed E-state index contributed by atoms with van der Waals surface area (Å²) in [6.07, 6.45) is 6.20. The highest BCUT2D eigenvalue weighted by molar-refractivity contribution is 6.00. The van der Waals surface area contributed by atoms with Crippen molar-refractivity contribution in [3.63, 3.8) is 0 Å². The average molecular weight is 347 g/mol. The van der Waals surface area contributed by atoms with Crippen LogP contribution in [-0.4, -0.2) is 50.4 Å². The van der Waals surface area contributed by atoms with Crippen LogP contribution in [0.3, 0.4) is 0 Å². The van der Waals surface area contributed by atoms with Gasteiger partial charge in [0.1, 0.15) is 11.4 Å². The Morgan fingerprint density at radius 2 is 1.84 bits per heavy atom. The van der Waals surface area contributed by atoms with Crippen molar-refractivity contribution < 1.29 is 14.6 Å². The van der Waals surface area contributed by atoms with Gasteiger partial charge in [0.15, 0.2) is 0 Å². The van der Waals surface area contributed by atoms with Crippen molar-refractivity contribution >= 4 is 22.6 Å². The van der Waals surface area contributed by atoms with Gasteiger partial charge in [0, 0.05) is 37.3 Å². The summed E-state index contributed by atoms with van der Waals surface area (Å²) in [7, 11) is 7.65. The Balaban J connectivity index is 0.000000701. The molecule has 1 aromatic carbocycles. The van der Waals surface area contributed by atoms with Gasteiger partial charge in [-0.3, -0.25) is 0 Å². The number of aromatic carboxylic acids is 1. The molecule has 0 amide bonds. The van der Waals surface area contributed by atoms with Gasteiger partial charge in [0.2, 0.25) is 0 Å². The lowest BCUT2D eigenvalue weighted by molar-refractivity contribution is 0.0691. The number of aromatic amines is 1. The largest absolute Gasteiger partial charge is 0.490 e. The normalized spacial score (nSPS) is 14.7. The molecule has 25 heavy (non-hydrogen) atoms. The second-order valence-electron chi connectivity index (χ2n) is 6.66. The first-order chi connectivity index (χ1) is 12.0. The standard InChI is InChI=1S/C17H22N2O3.C2H7N/c1-19(2)16-9-12(22-11-6-4-3-5-7-11)8-14-13(16)10-15(18-14)17(20)21;1-3-2/h8-11,18H,3-7H2,1-2H3,(H,20,21);3H,1-2H3. The van der Waals surface area contributed by atoms with Crippen molar-refractivity contribution in [2.24, 2.45) is 0 Å². The van der Waals surface area contributed by atoms with Crippen molar-refractivity contribution in [1.82, 2.24) is 10.3 Å². The summed E-state index contributed by atoms with van der Waals surface area (Å²) in [5.41, 5.74) is 1.97. The molecule has 1 aliphatic carbocycles. The van der Waals surface area contributed by atoms with Gasteiger partial charge in [-0.1, -0.05) is 6.42 Å². The van der Waals surface area contributed by atoms with Crippen LogP contribution in [0.4, 0.5) is 5.69 Å². The number of fused-ring (bicyclic) bond motifs is 1. The van der Waals surface area contributed by atoms with Crippen LogP contribution in [0.5, 0.6) is 5.75 Å². The Bertz CT molecular complexity index is 703. The number of hydrogen-bond donors (Lipinski definition) is 3. The summed E-state index contributed by atoms with van der Waals surface area (Å²) in [4.78, 5) is 16.1. The number of H-pyrrole nitrogens is 1. The molecule has 0 radical (unpaired) electrons. The molecular formula is C19H29N3O3. The highest BCUT2D eigenvalue weighted by Gasteiger charge is 2.18. The predicted molar refractivity (Wildman–Crippen MR) is 102 cm³/mol. The molecule has 6 heteroatoms. The first-order valence-corrected chi connectivity index (χ1v) is 8.78. The van der Waals surface area contributed by atoms with Crippen LogP contribution >= 0.6 is 0 Å². The van der Waals surface area contributed by atoms with E-state index >= 15 is 0 Å². The minimum atomic E-state index is -0.948. The lowest BCUT2D eigenvalue weighted by Crippen LogP contribution is -2.19. The number of carboxylic acids is 1. The van der Waals surface area contributed by atoms with E-state index in [-0.39, 0.29) is 11.8 Å². The number of aromatic nitrogens is 1. The number of benzene rings is 1. The zero-order valence-electron chi connectivity index (χ0n) is 15.6. The quantitative estimate of drug-likeness (QED) is 0.789. The highest BCUT2D eigenvalue weighted by atomic mass is 16.5. The molecule has 0 spiro atoms. The lowest BCUT2D eigenvalue weighted by atomic mass is 9.98. The summed E-state index contributed by atoms with van der Waals surface area (Å²) in [5, 5.41) is 12.8. The van der Waals surface area contributed by atoms with Gasteiger partial charge in [0.25, 0.3) is 0 Å². The maximum atomic E-state index is 11.2. The third-order valence-corrected chi connectivity index (χ3v) is 4.26. The molecule has 138 valence electrons. The minimum absolute atomic E-state index is 0.202. The number of nitrogens with zero attached hydrogens (tertiary/aromatic N) is 1. The molecule has 1 heterocycles. The molecular weight excluding hydrogens is 318 g/mol. The molecule has 1 aliphatic rings. The van der Waals surface area contributed by atoms with Crippen molar-refractivity contribution in [3.8, 4) is 5.75 Å². The van der Waals surface area contributed by atoms with Gasteiger partial charge >= 0.3 is 5.97 Å². The molecule has 0 atom stereocenters. The van der Waals surface area contributed by atoms with Crippen LogP contribution in [-0.2, 0) is 0 Å². The van der Waals surface area contributed by atoms with Crippen LogP contribution in [0, 0.1) is 0 Å². The van der Waals surface area contributed by atoms with E-state index in [1.165, 1.54) is 19.3 Å². The smallest absolute Gasteiger partial charge is 0.352 e. The van der Waals surface area contributed by atoms with Crippen LogP contribution in [0.2, 0.25) is 0 Å². The molecule has 6 nitrogen and oxygen atoms in total. The number of nitrogens with one attached hydrogen (secondary N) is 2. The monoisotopic (exact) mass is 347 g/mol. The first-order valence-electron chi connectivity index (χ1n) is 8.78. The Morgan fingerprint density at radius 1 is 1.20 bits per heavy atom. The molecule has 2 aromatic rings. The maximum absolute atomic E-state index is 11.2. The van der Waals surface area contributed by atoms with E-state index in [2.05, 4.69) is 10.3 Å². The Hall–Kier alpha value is -2.21. The fourth-order valence-corrected chi connectivity index (χ4v) is 3.12. The Morgan fingerprint density at radius 3 is 2.40 bits per heavy atom. The fraction of sp³-hybridized carbons (Fsp3) is 0.526. The lowest BCUT2D eigenvalue weighted by Gasteiger charge is -2.24. The third kappa shape index (κ3) is 4.89. The van der Waals surface area contributed by atoms with E-state index in [1.807, 2.05) is 45.2 Å². The Labute approximate surface area is 149 Å². The third-order valence-electron chi connectivity index (χ3n) is 4.26. The number of ether oxygens (including phenoxy) is 1. The van der Waals surface area contributed by atoms with Gasteiger partial charge in [-0.15, -0.1) is 0 Å². The molecule has 3 N–H and O–H groups in total. The van der Waals surface area contributed by atoms with Crippen molar-refractivity contribution in [3.05, 3.63) is 23.9 Å². The van der Waals surface area contributed by atoms with E-state index in [9.17, 15) is 4.79 Å². The molecule has 1 aromatic heterocycles. The number of anilines is 1. The second-order valence-corrected chi connectivity index (χ2v) is 6.66. The molecule has 3 rings (SSSR count). The second kappa shape index (κ2) is 8.76. The number of rotatable bonds is 4. The average Bonchev–Trinajstić information content (AvgIpc) is 3.00. The molecule has 0 aliphatic heterocycles. The summed E-state index contributed by atoms with van der Waals surface area (Å²) in [5.74, 6) is -0.141. The van der Waals surface area contributed by atoms with E-state index in [0.29, 0.717) is 0 Å². The van der Waals surface area contributed by atoms with Gasteiger partial charge in [-0.05, 0) is 45.8 Å². The maximum Gasteiger partial charge on any atom is 0.352 e. The highest BCUT2D eigenvalue weighted by Crippen LogP contribution is 2.33. The molecule has 0 saturated heterocycles. The molecule has 1 saturated carbocycles. The van der Waals surface area contributed by atoms with Crippen LogP contribution < -0.4 is 15.0 Å². The van der Waals surface area contributed by atoms with E-state index in [1.54, 1.807) is 6.07 Å². The first kappa shape index (κ1) is 19.1. The van der Waals surface area contributed by atoms with Crippen LogP contribution in [0.25, 0.3) is 10.9 Å². The minimum Gasteiger partial charge on any atom is -0.490 e. The predicted octanol–water partition coefficient (Wildman–Crippen LogP) is 3.48. The van der Waals surface area contributed by atoms with E-state index in [0.717, 1.165) is 35.2 Å². The van der Waals surface area contributed by atoms with Gasteiger partial charge < -0.3 is 25.0 Å². The van der Waals surface area contributed by atoms with Gasteiger partial charge in [0.05, 0.1) is 11.6 Å². The number of carboxylic acid groups (broad SMARTS) is 1. The molecule has 0 bridgehead atoms. The molecule has 0 unspecified atom stereocenters. The Kier molecular flexibility index (Phi) is 6.70. The molecule has 1 fully saturated rings. The number of carbonyl (C=O) groups is 1. The van der Waals surface area contributed by atoms with Crippen molar-refractivity contribution in [1.29, 1.82) is 0 Å². The SMILES string of the molecule is CN(C)c1cc(OC2CCCCC2)cc2[nH]c(C(=O)O)cc12.CNC. The van der Waals surface area contributed by atoms with E-state index in [4.69, 9.17) is 9.84 Å². The van der Waals surface area contributed by atoms with E-state index < -0.39 is 5.97 Å². The van der Waals surface area contributed by atoms with Gasteiger partial charge in [-0.25, -0.2) is 4.79 Å². The summed E-state index contributed by atoms with van der Waals surface area (Å²) >= 11 is 0. The topological polar surface area (TPSA) is 77.6 Å². The summed E-state index contributed by atoms with van der Waals surface area (Å²) in [6.45, 7) is 0. The fourth-order valence-electron chi connectivity index (χ4n) is 3.12. The number of hydrogen-bond acceptors (Lipinski definition) is 4.